The average molecular weight is 415 g/mol. The summed E-state index contributed by atoms with van der Waals surface area (Å²) in [5.74, 6) is 0.481. The molecule has 27 heavy (non-hydrogen) atoms. The van der Waals surface area contributed by atoms with E-state index in [1.165, 1.54) is 11.8 Å². The lowest BCUT2D eigenvalue weighted by Gasteiger charge is -2.31. The van der Waals surface area contributed by atoms with Crippen molar-refractivity contribution >= 4 is 41.1 Å². The Morgan fingerprint density at radius 1 is 1.41 bits per heavy atom. The van der Waals surface area contributed by atoms with Crippen molar-refractivity contribution < 1.29 is 14.3 Å². The Kier molecular flexibility index (Phi) is 8.63. The number of rotatable bonds is 8. The maximum absolute atomic E-state index is 12.6. The Balaban J connectivity index is 1.94. The van der Waals surface area contributed by atoms with E-state index in [1.807, 2.05) is 11.9 Å². The molecule has 0 spiro atoms. The van der Waals surface area contributed by atoms with Crippen LogP contribution in [0.2, 0.25) is 5.15 Å². The summed E-state index contributed by atoms with van der Waals surface area (Å²) in [6.07, 6.45) is 2.56. The topological polar surface area (TPSA) is 75.6 Å². The molecule has 0 aliphatic carbocycles. The second-order valence-electron chi connectivity index (χ2n) is 6.47. The molecule has 7 nitrogen and oxygen atoms in total. The third kappa shape index (κ3) is 6.53. The predicted octanol–water partition coefficient (Wildman–Crippen LogP) is 2.87. The van der Waals surface area contributed by atoms with Crippen LogP contribution in [0, 0.1) is 5.92 Å². The Bertz CT molecular complexity index is 661. The van der Waals surface area contributed by atoms with Crippen molar-refractivity contribution in [1.29, 1.82) is 0 Å². The first-order chi connectivity index (χ1) is 12.9. The molecule has 1 unspecified atom stereocenters. The molecule has 9 heteroatoms. The molecule has 1 aliphatic rings. The number of hydrogen-bond acceptors (Lipinski definition) is 7. The minimum Gasteiger partial charge on any atom is -0.466 e. The molecule has 0 bridgehead atoms. The van der Waals surface area contributed by atoms with E-state index in [0.717, 1.165) is 31.6 Å². The summed E-state index contributed by atoms with van der Waals surface area (Å²) in [5.41, 5.74) is 0. The van der Waals surface area contributed by atoms with Gasteiger partial charge in [0.25, 0.3) is 0 Å². The number of aromatic nitrogens is 2. The summed E-state index contributed by atoms with van der Waals surface area (Å²) in [5, 5.41) is 0.839. The molecule has 2 rings (SSSR count). The summed E-state index contributed by atoms with van der Waals surface area (Å²) >= 11 is 7.37. The molecule has 1 atom stereocenters. The Hall–Kier alpha value is -1.54. The van der Waals surface area contributed by atoms with Crippen molar-refractivity contribution in [2.24, 2.45) is 5.92 Å². The maximum Gasteiger partial charge on any atom is 0.310 e. The van der Waals surface area contributed by atoms with Gasteiger partial charge < -0.3 is 14.5 Å². The van der Waals surface area contributed by atoms with Crippen LogP contribution < -0.4 is 4.90 Å². The number of carbonyl (C=O) groups excluding carboxylic acids is 2. The van der Waals surface area contributed by atoms with E-state index in [1.54, 1.807) is 17.9 Å². The highest BCUT2D eigenvalue weighted by Crippen LogP contribution is 2.23. The first-order valence-electron chi connectivity index (χ1n) is 9.27. The number of nitrogens with zero attached hydrogens (tertiary/aromatic N) is 4. The van der Waals surface area contributed by atoms with Crippen LogP contribution in [0.3, 0.4) is 0 Å². The number of anilines is 1. The summed E-state index contributed by atoms with van der Waals surface area (Å²) in [6.45, 7) is 6.18. The highest BCUT2D eigenvalue weighted by Gasteiger charge is 2.29. The quantitative estimate of drug-likeness (QED) is 0.280. The lowest BCUT2D eigenvalue weighted by molar-refractivity contribution is -0.151. The molecule has 0 saturated carbocycles. The molecule has 1 aromatic heterocycles. The smallest absolute Gasteiger partial charge is 0.310 e. The van der Waals surface area contributed by atoms with Crippen molar-refractivity contribution in [2.45, 2.75) is 38.3 Å². The zero-order valence-corrected chi connectivity index (χ0v) is 17.7. The Morgan fingerprint density at radius 2 is 2.19 bits per heavy atom. The highest BCUT2D eigenvalue weighted by atomic mass is 35.5. The van der Waals surface area contributed by atoms with E-state index in [2.05, 4.69) is 16.9 Å². The molecule has 1 aliphatic heterocycles. The molecule has 0 aromatic carbocycles. The van der Waals surface area contributed by atoms with Crippen LogP contribution in [0.5, 0.6) is 0 Å². The number of amides is 1. The molecule has 150 valence electrons. The first kappa shape index (κ1) is 21.8. The van der Waals surface area contributed by atoms with Crippen LogP contribution in [-0.4, -0.2) is 65.8 Å². The van der Waals surface area contributed by atoms with Gasteiger partial charge in [0.1, 0.15) is 11.0 Å². The second-order valence-corrected chi connectivity index (χ2v) is 7.80. The van der Waals surface area contributed by atoms with Crippen molar-refractivity contribution in [3.63, 3.8) is 0 Å². The zero-order valence-electron chi connectivity index (χ0n) is 16.1. The van der Waals surface area contributed by atoms with E-state index < -0.39 is 0 Å². The van der Waals surface area contributed by atoms with Crippen LogP contribution in [-0.2, 0) is 14.3 Å². The zero-order chi connectivity index (χ0) is 19.8. The lowest BCUT2D eigenvalue weighted by atomic mass is 9.98. The van der Waals surface area contributed by atoms with Crippen LogP contribution in [0.4, 0.5) is 5.82 Å². The largest absolute Gasteiger partial charge is 0.466 e. The van der Waals surface area contributed by atoms with Crippen molar-refractivity contribution in [3.8, 4) is 0 Å². The van der Waals surface area contributed by atoms with Crippen molar-refractivity contribution in [2.75, 3.05) is 43.9 Å². The number of likely N-dealkylation sites (tertiary alicyclic amines) is 1. The van der Waals surface area contributed by atoms with Gasteiger partial charge in [-0.1, -0.05) is 30.3 Å². The third-order valence-electron chi connectivity index (χ3n) is 4.33. The highest BCUT2D eigenvalue weighted by molar-refractivity contribution is 7.99. The normalized spacial score (nSPS) is 16.9. The first-order valence-corrected chi connectivity index (χ1v) is 10.6. The molecule has 1 amide bonds. The molecule has 1 fully saturated rings. The minimum atomic E-state index is -0.232. The monoisotopic (exact) mass is 414 g/mol. The van der Waals surface area contributed by atoms with Gasteiger partial charge in [0.2, 0.25) is 5.91 Å². The fraction of sp³-hybridized carbons (Fsp3) is 0.667. The number of carbonyl (C=O) groups is 2. The summed E-state index contributed by atoms with van der Waals surface area (Å²) < 4.78 is 5.09. The van der Waals surface area contributed by atoms with E-state index in [4.69, 9.17) is 16.3 Å². The van der Waals surface area contributed by atoms with Gasteiger partial charge in [-0.25, -0.2) is 9.97 Å². The van der Waals surface area contributed by atoms with Crippen LogP contribution in [0.1, 0.15) is 33.1 Å². The maximum atomic E-state index is 12.6. The molecule has 2 heterocycles. The van der Waals surface area contributed by atoms with Gasteiger partial charge in [-0.3, -0.25) is 9.59 Å². The van der Waals surface area contributed by atoms with Gasteiger partial charge in [-0.05, 0) is 26.2 Å². The molecular formula is C18H27ClN4O3S. The fourth-order valence-corrected chi connectivity index (χ4v) is 3.95. The van der Waals surface area contributed by atoms with E-state index in [9.17, 15) is 9.59 Å². The van der Waals surface area contributed by atoms with Gasteiger partial charge >= 0.3 is 5.97 Å². The van der Waals surface area contributed by atoms with Gasteiger partial charge in [-0.2, -0.15) is 0 Å². The molecule has 1 saturated heterocycles. The van der Waals surface area contributed by atoms with Crippen LogP contribution in [0.25, 0.3) is 0 Å². The van der Waals surface area contributed by atoms with E-state index in [-0.39, 0.29) is 23.5 Å². The fourth-order valence-electron chi connectivity index (χ4n) is 2.97. The number of halogens is 1. The third-order valence-corrected chi connectivity index (χ3v) is 5.36. The predicted molar refractivity (Wildman–Crippen MR) is 107 cm³/mol. The number of esters is 1. The lowest BCUT2D eigenvalue weighted by Crippen LogP contribution is -2.43. The second kappa shape index (κ2) is 10.7. The van der Waals surface area contributed by atoms with Crippen molar-refractivity contribution in [1.82, 2.24) is 14.9 Å². The van der Waals surface area contributed by atoms with E-state index >= 15 is 0 Å². The summed E-state index contributed by atoms with van der Waals surface area (Å²) in [7, 11) is 1.95. The Labute approximate surface area is 169 Å². The van der Waals surface area contributed by atoms with Gasteiger partial charge in [0, 0.05) is 32.7 Å². The molecule has 0 N–H and O–H groups in total. The van der Waals surface area contributed by atoms with E-state index in [0.29, 0.717) is 30.0 Å². The summed E-state index contributed by atoms with van der Waals surface area (Å²) in [4.78, 5) is 36.9. The summed E-state index contributed by atoms with van der Waals surface area (Å²) in [6, 6.07) is 1.72. The number of ether oxygens (including phenoxy) is 1. The molecular weight excluding hydrogens is 388 g/mol. The molecule has 1 aromatic rings. The number of hydrogen-bond donors (Lipinski definition) is 0. The van der Waals surface area contributed by atoms with Gasteiger partial charge in [0.15, 0.2) is 5.16 Å². The van der Waals surface area contributed by atoms with Gasteiger partial charge in [0.05, 0.1) is 18.3 Å². The SMILES string of the molecule is CCCN(C)c1cc(Cl)nc(SCC(=O)N2CCCC(C(=O)OCC)C2)n1. The standard InChI is InChI=1S/C18H27ClN4O3S/c1-4-8-22(3)15-10-14(19)20-18(21-15)27-12-16(24)23-9-6-7-13(11-23)17(25)26-5-2/h10,13H,4-9,11-12H2,1-3H3. The number of thioether (sulfide) groups is 1. The average Bonchev–Trinajstić information content (AvgIpc) is 2.66. The minimum absolute atomic E-state index is 0.0268. The van der Waals surface area contributed by atoms with Crippen LogP contribution in [0.15, 0.2) is 11.2 Å². The number of piperidine rings is 1. The van der Waals surface area contributed by atoms with Gasteiger partial charge in [-0.15, -0.1) is 0 Å². The van der Waals surface area contributed by atoms with Crippen LogP contribution >= 0.6 is 23.4 Å². The van der Waals surface area contributed by atoms with Crippen molar-refractivity contribution in [3.05, 3.63) is 11.2 Å². The molecule has 0 radical (unpaired) electrons. The Morgan fingerprint density at radius 3 is 2.89 bits per heavy atom.